The van der Waals surface area contributed by atoms with E-state index in [0.717, 1.165) is 46.5 Å². The van der Waals surface area contributed by atoms with E-state index in [9.17, 15) is 4.79 Å². The van der Waals surface area contributed by atoms with E-state index in [0.29, 0.717) is 18.2 Å². The molecule has 0 saturated carbocycles. The Morgan fingerprint density at radius 3 is 3.16 bits per heavy atom. The maximum Gasteiger partial charge on any atom is 0.225 e. The van der Waals surface area contributed by atoms with Gasteiger partial charge in [0.1, 0.15) is 17.0 Å². The zero-order valence-corrected chi connectivity index (χ0v) is 19.4. The van der Waals surface area contributed by atoms with Crippen molar-refractivity contribution in [1.82, 2.24) is 24.5 Å². The monoisotopic (exact) mass is 470 g/mol. The third-order valence-corrected chi connectivity index (χ3v) is 7.40. The van der Waals surface area contributed by atoms with E-state index in [2.05, 4.69) is 20.4 Å². The van der Waals surface area contributed by atoms with Crippen molar-refractivity contribution in [1.29, 1.82) is 0 Å². The molecule has 1 aliphatic carbocycles. The highest BCUT2D eigenvalue weighted by molar-refractivity contribution is 7.19. The molecule has 5 rings (SSSR count). The van der Waals surface area contributed by atoms with E-state index in [-0.39, 0.29) is 11.8 Å². The van der Waals surface area contributed by atoms with Crippen molar-refractivity contribution < 1.29 is 9.53 Å². The molecular weight excluding hydrogens is 448 g/mol. The molecular formula is C22H23ClN6O2S. The number of carbonyl (C=O) groups is 1. The lowest BCUT2D eigenvalue weighted by Gasteiger charge is -2.26. The Morgan fingerprint density at radius 2 is 2.31 bits per heavy atom. The van der Waals surface area contributed by atoms with Crippen molar-refractivity contribution >= 4 is 56.1 Å². The van der Waals surface area contributed by atoms with E-state index in [1.807, 2.05) is 19.2 Å². The Kier molecular flexibility index (Phi) is 5.71. The average molecular weight is 471 g/mol. The number of thiophene rings is 1. The van der Waals surface area contributed by atoms with E-state index >= 15 is 0 Å². The van der Waals surface area contributed by atoms with Gasteiger partial charge in [0.2, 0.25) is 5.91 Å². The summed E-state index contributed by atoms with van der Waals surface area (Å²) in [5.41, 5.74) is 2.94. The Labute approximate surface area is 194 Å². The normalized spacial score (nSPS) is 15.8. The topological polar surface area (TPSA) is 84.6 Å². The first kappa shape index (κ1) is 21.1. The molecule has 0 unspecified atom stereocenters. The van der Waals surface area contributed by atoms with Gasteiger partial charge < -0.3 is 15.0 Å². The van der Waals surface area contributed by atoms with Crippen LogP contribution in [0.2, 0.25) is 5.02 Å². The van der Waals surface area contributed by atoms with Gasteiger partial charge in [-0.3, -0.25) is 4.79 Å². The highest BCUT2D eigenvalue weighted by Gasteiger charge is 2.30. The summed E-state index contributed by atoms with van der Waals surface area (Å²) >= 11 is 8.13. The maximum atomic E-state index is 12.9. The van der Waals surface area contributed by atoms with E-state index in [1.54, 1.807) is 46.6 Å². The molecule has 32 heavy (non-hydrogen) atoms. The summed E-state index contributed by atoms with van der Waals surface area (Å²) in [6.45, 7) is 1.15. The minimum atomic E-state index is -0.0134. The van der Waals surface area contributed by atoms with E-state index in [1.165, 1.54) is 10.4 Å². The van der Waals surface area contributed by atoms with Gasteiger partial charge in [0.05, 0.1) is 28.2 Å². The molecule has 1 N–H and O–H groups in total. The summed E-state index contributed by atoms with van der Waals surface area (Å²) in [6.07, 6.45) is 7.44. The van der Waals surface area contributed by atoms with Gasteiger partial charge in [-0.25, -0.2) is 14.5 Å². The molecule has 4 aromatic rings. The number of carbonyl (C=O) groups excluding carboxylic acids is 1. The van der Waals surface area contributed by atoms with Crippen LogP contribution in [0, 0.1) is 5.92 Å². The van der Waals surface area contributed by atoms with Gasteiger partial charge in [0.25, 0.3) is 0 Å². The van der Waals surface area contributed by atoms with Crippen LogP contribution in [0.25, 0.3) is 15.7 Å². The zero-order chi connectivity index (χ0) is 22.2. The van der Waals surface area contributed by atoms with Crippen LogP contribution in [0.5, 0.6) is 0 Å². The number of likely N-dealkylation sites (N-methyl/N-ethyl adjacent to an activating group) is 1. The minimum absolute atomic E-state index is 0.0134. The summed E-state index contributed by atoms with van der Waals surface area (Å²) in [7, 11) is 3.49. The lowest BCUT2D eigenvalue weighted by molar-refractivity contribution is -0.135. The van der Waals surface area contributed by atoms with Gasteiger partial charge in [0, 0.05) is 43.9 Å². The zero-order valence-electron chi connectivity index (χ0n) is 17.8. The predicted octanol–water partition coefficient (Wildman–Crippen LogP) is 3.95. The van der Waals surface area contributed by atoms with Crippen LogP contribution < -0.4 is 5.32 Å². The highest BCUT2D eigenvalue weighted by Crippen LogP contribution is 2.41. The first-order chi connectivity index (χ1) is 15.5. The van der Waals surface area contributed by atoms with Gasteiger partial charge in [0.15, 0.2) is 0 Å². The molecule has 0 aromatic carbocycles. The fourth-order valence-electron chi connectivity index (χ4n) is 4.23. The second-order valence-electron chi connectivity index (χ2n) is 7.96. The number of nitrogens with zero attached hydrogens (tertiary/aromatic N) is 5. The molecule has 166 valence electrons. The highest BCUT2D eigenvalue weighted by atomic mass is 35.5. The summed E-state index contributed by atoms with van der Waals surface area (Å²) in [5, 5.41) is 9.20. The number of amides is 1. The van der Waals surface area contributed by atoms with Gasteiger partial charge in [-0.15, -0.1) is 11.3 Å². The number of fused-ring (bicyclic) bond motifs is 4. The van der Waals surface area contributed by atoms with Crippen molar-refractivity contribution in [2.24, 2.45) is 5.92 Å². The third-order valence-electron chi connectivity index (χ3n) is 5.94. The summed E-state index contributed by atoms with van der Waals surface area (Å²) < 4.78 is 6.84. The van der Waals surface area contributed by atoms with Gasteiger partial charge in [-0.2, -0.15) is 5.10 Å². The quantitative estimate of drug-likeness (QED) is 0.459. The number of nitrogens with one attached hydrogen (secondary N) is 1. The molecule has 0 spiro atoms. The molecule has 1 atom stereocenters. The molecule has 0 aliphatic heterocycles. The Morgan fingerprint density at radius 1 is 1.44 bits per heavy atom. The number of aromatic nitrogens is 4. The molecule has 0 bridgehead atoms. The van der Waals surface area contributed by atoms with Crippen molar-refractivity contribution in [2.75, 3.05) is 32.6 Å². The summed E-state index contributed by atoms with van der Waals surface area (Å²) in [6, 6.07) is 3.87. The molecule has 10 heteroatoms. The lowest BCUT2D eigenvalue weighted by Crippen LogP contribution is -2.37. The maximum absolute atomic E-state index is 12.9. The van der Waals surface area contributed by atoms with Crippen molar-refractivity contribution in [3.05, 3.63) is 46.3 Å². The van der Waals surface area contributed by atoms with E-state index < -0.39 is 0 Å². The second kappa shape index (κ2) is 8.65. The minimum Gasteiger partial charge on any atom is -0.383 e. The predicted molar refractivity (Wildman–Crippen MR) is 126 cm³/mol. The second-order valence-corrected chi connectivity index (χ2v) is 9.45. The molecule has 4 aromatic heterocycles. The Balaban J connectivity index is 1.44. The van der Waals surface area contributed by atoms with Crippen LogP contribution in [0.1, 0.15) is 16.9 Å². The fourth-order valence-corrected chi connectivity index (χ4v) is 5.69. The molecule has 0 radical (unpaired) electrons. The number of ether oxygens (including phenoxy) is 1. The van der Waals surface area contributed by atoms with Gasteiger partial charge >= 0.3 is 0 Å². The Bertz CT molecular complexity index is 1300. The summed E-state index contributed by atoms with van der Waals surface area (Å²) in [4.78, 5) is 25.8. The van der Waals surface area contributed by atoms with Crippen LogP contribution in [0.4, 0.5) is 11.5 Å². The van der Waals surface area contributed by atoms with E-state index in [4.69, 9.17) is 16.3 Å². The number of pyridine rings is 1. The SMILES string of the molecule is COCCN(C)C(=O)[C@H]1CCc2c(sc3ncnc(Nc4cc5ccnn5cc4Cl)c23)C1. The lowest BCUT2D eigenvalue weighted by atomic mass is 9.87. The number of methoxy groups -OCH3 is 1. The number of hydrogen-bond acceptors (Lipinski definition) is 7. The first-order valence-corrected chi connectivity index (χ1v) is 11.6. The molecule has 4 heterocycles. The number of halogens is 1. The number of rotatable bonds is 6. The van der Waals surface area contributed by atoms with Crippen LogP contribution in [-0.4, -0.2) is 57.7 Å². The average Bonchev–Trinajstić information content (AvgIpc) is 3.40. The molecule has 8 nitrogen and oxygen atoms in total. The molecule has 0 fully saturated rings. The standard InChI is InChI=1S/C22H23ClN6O2S/c1-28(7-8-31-2)22(30)13-3-4-15-18(9-13)32-21-19(15)20(24-12-25-21)27-17-10-14-5-6-26-29(14)11-16(17)23/h5-6,10-13H,3-4,7-9H2,1-2H3,(H,24,25,27)/t13-/m0/s1. The molecule has 0 saturated heterocycles. The third kappa shape index (κ3) is 3.80. The van der Waals surface area contributed by atoms with Gasteiger partial charge in [-0.1, -0.05) is 11.6 Å². The fraction of sp³-hybridized carbons (Fsp3) is 0.364. The molecule has 1 amide bonds. The smallest absolute Gasteiger partial charge is 0.225 e. The Hall–Kier alpha value is -2.75. The number of hydrogen-bond donors (Lipinski definition) is 1. The number of anilines is 2. The van der Waals surface area contributed by atoms with Crippen LogP contribution in [0.15, 0.2) is 30.9 Å². The summed E-state index contributed by atoms with van der Waals surface area (Å²) in [5.74, 6) is 0.899. The van der Waals surface area contributed by atoms with Crippen LogP contribution >= 0.6 is 22.9 Å². The van der Waals surface area contributed by atoms with Crippen LogP contribution in [-0.2, 0) is 22.4 Å². The molecule has 1 aliphatic rings. The van der Waals surface area contributed by atoms with Gasteiger partial charge in [-0.05, 0) is 37.0 Å². The van der Waals surface area contributed by atoms with Crippen molar-refractivity contribution in [3.63, 3.8) is 0 Å². The number of aryl methyl sites for hydroxylation is 1. The van der Waals surface area contributed by atoms with Crippen molar-refractivity contribution in [3.8, 4) is 0 Å². The first-order valence-electron chi connectivity index (χ1n) is 10.4. The largest absolute Gasteiger partial charge is 0.383 e. The van der Waals surface area contributed by atoms with Crippen LogP contribution in [0.3, 0.4) is 0 Å². The van der Waals surface area contributed by atoms with Crippen molar-refractivity contribution in [2.45, 2.75) is 19.3 Å².